The van der Waals surface area contributed by atoms with Crippen LogP contribution in [0.2, 0.25) is 0 Å². The van der Waals surface area contributed by atoms with Gasteiger partial charge in [0.05, 0.1) is 12.6 Å². The van der Waals surface area contributed by atoms with Gasteiger partial charge in [-0.25, -0.2) is 17.5 Å². The second-order valence-electron chi connectivity index (χ2n) is 6.92. The van der Waals surface area contributed by atoms with E-state index >= 15 is 0 Å². The number of rotatable bonds is 7. The number of halogens is 1. The number of hydrogen-bond donors (Lipinski definition) is 3. The van der Waals surface area contributed by atoms with Crippen LogP contribution in [0.1, 0.15) is 10.5 Å². The number of fused-ring (bicyclic) bond motifs is 1. The molecule has 0 spiro atoms. The average molecular weight is 468 g/mol. The van der Waals surface area contributed by atoms with Crippen LogP contribution in [0.5, 0.6) is 5.75 Å². The zero-order chi connectivity index (χ0) is 23.6. The zero-order valence-electron chi connectivity index (χ0n) is 17.1. The Balaban J connectivity index is 1.70. The SMILES string of the molecule is COc1cccc(Nc2ccc(N=O)c3[nH]c(C(=O)NS(=O)(=O)c4ccccc4F)cc23)c1. The van der Waals surface area contributed by atoms with Crippen molar-refractivity contribution in [2.75, 3.05) is 12.4 Å². The minimum Gasteiger partial charge on any atom is -0.497 e. The first-order valence-corrected chi connectivity index (χ1v) is 11.0. The number of anilines is 2. The molecule has 3 N–H and O–H groups in total. The summed E-state index contributed by atoms with van der Waals surface area (Å²) in [5, 5.41) is 6.54. The summed E-state index contributed by atoms with van der Waals surface area (Å²) in [6.07, 6.45) is 0. The van der Waals surface area contributed by atoms with Crippen molar-refractivity contribution in [3.05, 3.63) is 83.1 Å². The number of ether oxygens (including phenoxy) is 1. The highest BCUT2D eigenvalue weighted by Gasteiger charge is 2.24. The first-order valence-electron chi connectivity index (χ1n) is 9.54. The molecule has 0 saturated carbocycles. The third kappa shape index (κ3) is 4.39. The van der Waals surface area contributed by atoms with Crippen LogP contribution in [-0.4, -0.2) is 26.4 Å². The molecule has 0 aliphatic rings. The highest BCUT2D eigenvalue weighted by molar-refractivity contribution is 7.90. The zero-order valence-corrected chi connectivity index (χ0v) is 17.9. The van der Waals surface area contributed by atoms with Crippen LogP contribution in [0.25, 0.3) is 10.9 Å². The molecule has 33 heavy (non-hydrogen) atoms. The molecule has 168 valence electrons. The van der Waals surface area contributed by atoms with Crippen molar-refractivity contribution in [2.24, 2.45) is 5.18 Å². The fraction of sp³-hybridized carbons (Fsp3) is 0.0455. The van der Waals surface area contributed by atoms with Crippen LogP contribution in [0.15, 0.2) is 76.8 Å². The number of nitrogens with one attached hydrogen (secondary N) is 3. The summed E-state index contributed by atoms with van der Waals surface area (Å²) < 4.78 is 45.9. The van der Waals surface area contributed by atoms with Gasteiger partial charge >= 0.3 is 0 Å². The number of benzene rings is 3. The van der Waals surface area contributed by atoms with Gasteiger partial charge in [-0.05, 0) is 47.6 Å². The molecule has 0 saturated heterocycles. The predicted molar refractivity (Wildman–Crippen MR) is 121 cm³/mol. The Labute approximate surface area is 187 Å². The number of nitroso groups, excluding NO2 is 1. The number of nitrogens with zero attached hydrogens (tertiary/aromatic N) is 1. The lowest BCUT2D eigenvalue weighted by molar-refractivity contribution is 0.0977. The second-order valence-corrected chi connectivity index (χ2v) is 8.57. The number of carbonyl (C=O) groups excluding carboxylic acids is 1. The molecule has 0 aliphatic heterocycles. The molecular weight excluding hydrogens is 451 g/mol. The van der Waals surface area contributed by atoms with E-state index in [-0.39, 0.29) is 16.9 Å². The average Bonchev–Trinajstić information content (AvgIpc) is 3.26. The third-order valence-electron chi connectivity index (χ3n) is 4.82. The van der Waals surface area contributed by atoms with Crippen molar-refractivity contribution < 1.29 is 22.3 Å². The molecule has 0 aliphatic carbocycles. The second kappa shape index (κ2) is 8.71. The highest BCUT2D eigenvalue weighted by Crippen LogP contribution is 2.34. The van der Waals surface area contributed by atoms with Crippen LogP contribution >= 0.6 is 0 Å². The molecule has 3 aromatic carbocycles. The summed E-state index contributed by atoms with van der Waals surface area (Å²) in [7, 11) is -2.93. The van der Waals surface area contributed by atoms with Crippen LogP contribution in [0.4, 0.5) is 21.5 Å². The van der Waals surface area contributed by atoms with Crippen LogP contribution in [0, 0.1) is 10.7 Å². The summed E-state index contributed by atoms with van der Waals surface area (Å²) in [4.78, 5) is 26.0. The van der Waals surface area contributed by atoms with E-state index in [1.165, 1.54) is 31.4 Å². The van der Waals surface area contributed by atoms with Crippen LogP contribution in [0.3, 0.4) is 0 Å². The van der Waals surface area contributed by atoms with Crippen LogP contribution < -0.4 is 14.8 Å². The lowest BCUT2D eigenvalue weighted by atomic mass is 10.1. The third-order valence-corrected chi connectivity index (χ3v) is 6.18. The molecule has 0 fully saturated rings. The molecule has 4 rings (SSSR count). The van der Waals surface area contributed by atoms with E-state index in [1.807, 2.05) is 4.72 Å². The van der Waals surface area contributed by atoms with Crippen molar-refractivity contribution >= 4 is 43.9 Å². The monoisotopic (exact) mass is 468 g/mol. The number of amides is 1. The molecule has 0 bridgehead atoms. The maximum Gasteiger partial charge on any atom is 0.281 e. The van der Waals surface area contributed by atoms with Crippen LogP contribution in [-0.2, 0) is 10.0 Å². The molecule has 0 radical (unpaired) electrons. The van der Waals surface area contributed by atoms with E-state index in [0.717, 1.165) is 12.1 Å². The number of methoxy groups -OCH3 is 1. The van der Waals surface area contributed by atoms with Crippen molar-refractivity contribution in [3.8, 4) is 5.75 Å². The molecule has 9 nitrogen and oxygen atoms in total. The van der Waals surface area contributed by atoms with Gasteiger partial charge in [-0.15, -0.1) is 4.91 Å². The van der Waals surface area contributed by atoms with Crippen molar-refractivity contribution in [2.45, 2.75) is 4.90 Å². The van der Waals surface area contributed by atoms with Gasteiger partial charge in [-0.3, -0.25) is 4.79 Å². The molecule has 11 heteroatoms. The Morgan fingerprint density at radius 1 is 1.06 bits per heavy atom. The molecule has 4 aromatic rings. The lowest BCUT2D eigenvalue weighted by Crippen LogP contribution is -2.31. The Morgan fingerprint density at radius 2 is 1.85 bits per heavy atom. The predicted octanol–water partition coefficient (Wildman–Crippen LogP) is 4.58. The minimum absolute atomic E-state index is 0.0252. The van der Waals surface area contributed by atoms with Gasteiger partial charge in [-0.1, -0.05) is 18.2 Å². The highest BCUT2D eigenvalue weighted by atomic mass is 32.2. The van der Waals surface area contributed by atoms with Crippen molar-refractivity contribution in [1.82, 2.24) is 9.71 Å². The van der Waals surface area contributed by atoms with Gasteiger partial charge in [-0.2, -0.15) is 0 Å². The molecule has 1 amide bonds. The first-order chi connectivity index (χ1) is 15.8. The number of aromatic nitrogens is 1. The summed E-state index contributed by atoms with van der Waals surface area (Å²) >= 11 is 0. The van der Waals surface area contributed by atoms with E-state index < -0.39 is 26.6 Å². The molecule has 1 heterocycles. The number of sulfonamides is 1. The Hall–Kier alpha value is -4.25. The quantitative estimate of drug-likeness (QED) is 0.341. The van der Waals surface area contributed by atoms with Gasteiger partial charge in [0.15, 0.2) is 0 Å². The smallest absolute Gasteiger partial charge is 0.281 e. The summed E-state index contributed by atoms with van der Waals surface area (Å²) in [5.74, 6) is -1.40. The largest absolute Gasteiger partial charge is 0.497 e. The van der Waals surface area contributed by atoms with Gasteiger partial charge < -0.3 is 15.0 Å². The standard InChI is InChI=1S/C22H17FN4O5S/c1-32-14-6-4-5-13(11-14)24-17-9-10-18(26-29)21-15(17)12-19(25-21)22(28)27-33(30,31)20-8-3-2-7-16(20)23/h2-12,24-25H,1H3,(H,27,28). The van der Waals surface area contributed by atoms with Gasteiger partial charge in [0.2, 0.25) is 0 Å². The Morgan fingerprint density at radius 3 is 2.58 bits per heavy atom. The molecule has 0 unspecified atom stereocenters. The van der Waals surface area contributed by atoms with Crippen molar-refractivity contribution in [3.63, 3.8) is 0 Å². The number of carbonyl (C=O) groups is 1. The Kier molecular flexibility index (Phi) is 5.80. The number of hydrogen-bond acceptors (Lipinski definition) is 7. The van der Waals surface area contributed by atoms with Gasteiger partial charge in [0.1, 0.15) is 27.8 Å². The maximum atomic E-state index is 13.9. The summed E-state index contributed by atoms with van der Waals surface area (Å²) in [6, 6.07) is 16.2. The van der Waals surface area contributed by atoms with Gasteiger partial charge in [0, 0.05) is 22.8 Å². The maximum absolute atomic E-state index is 13.9. The fourth-order valence-electron chi connectivity index (χ4n) is 3.26. The first kappa shape index (κ1) is 22.0. The molecule has 1 aromatic heterocycles. The Bertz CT molecular complexity index is 1480. The normalized spacial score (nSPS) is 11.2. The van der Waals surface area contributed by atoms with E-state index in [0.29, 0.717) is 22.5 Å². The molecule has 0 atom stereocenters. The van der Waals surface area contributed by atoms with E-state index in [9.17, 15) is 22.5 Å². The van der Waals surface area contributed by atoms with E-state index in [1.54, 1.807) is 30.3 Å². The number of aromatic amines is 1. The van der Waals surface area contributed by atoms with Gasteiger partial charge in [0.25, 0.3) is 15.9 Å². The summed E-state index contributed by atoms with van der Waals surface area (Å²) in [5.41, 5.74) is 1.30. The fourth-order valence-corrected chi connectivity index (χ4v) is 4.31. The topological polar surface area (TPSA) is 130 Å². The van der Waals surface area contributed by atoms with E-state index in [2.05, 4.69) is 15.5 Å². The molecular formula is C22H17FN4O5S. The number of H-pyrrole nitrogens is 1. The lowest BCUT2D eigenvalue weighted by Gasteiger charge is -2.09. The minimum atomic E-state index is -4.47. The van der Waals surface area contributed by atoms with E-state index in [4.69, 9.17) is 4.74 Å². The summed E-state index contributed by atoms with van der Waals surface area (Å²) in [6.45, 7) is 0. The van der Waals surface area contributed by atoms with Crippen molar-refractivity contribution in [1.29, 1.82) is 0 Å².